The van der Waals surface area contributed by atoms with Crippen molar-refractivity contribution in [3.8, 4) is 0 Å². The van der Waals surface area contributed by atoms with Crippen LogP contribution in [0, 0.1) is 11.6 Å². The summed E-state index contributed by atoms with van der Waals surface area (Å²) < 4.78 is 26.1. The Hall–Kier alpha value is -2.02. The molecule has 0 spiro atoms. The van der Waals surface area contributed by atoms with Crippen molar-refractivity contribution in [3.05, 3.63) is 35.4 Å². The third-order valence-corrected chi connectivity index (χ3v) is 2.97. The van der Waals surface area contributed by atoms with E-state index in [-0.39, 0.29) is 31.4 Å². The standard InChI is InChI=1S/C15H21F2N3O2/c1-3-18-14(21)9-20(4-2)10-15(22)19-8-11-5-12(16)7-13(17)6-11/h5-7H,3-4,8-10H2,1-2H3,(H,18,21)(H,19,22). The summed E-state index contributed by atoms with van der Waals surface area (Å²) in [5, 5.41) is 5.24. The minimum Gasteiger partial charge on any atom is -0.355 e. The quantitative estimate of drug-likeness (QED) is 0.754. The number of carbonyl (C=O) groups is 2. The maximum atomic E-state index is 13.0. The smallest absolute Gasteiger partial charge is 0.234 e. The predicted molar refractivity (Wildman–Crippen MR) is 79.0 cm³/mol. The second-order valence-electron chi connectivity index (χ2n) is 4.81. The van der Waals surface area contributed by atoms with Crippen LogP contribution in [0.4, 0.5) is 8.78 Å². The highest BCUT2D eigenvalue weighted by atomic mass is 19.1. The molecule has 0 heterocycles. The maximum Gasteiger partial charge on any atom is 0.234 e. The largest absolute Gasteiger partial charge is 0.355 e. The van der Waals surface area contributed by atoms with E-state index in [1.54, 1.807) is 4.90 Å². The van der Waals surface area contributed by atoms with Crippen LogP contribution in [0.15, 0.2) is 18.2 Å². The summed E-state index contributed by atoms with van der Waals surface area (Å²) in [6.07, 6.45) is 0. The minimum absolute atomic E-state index is 0.0340. The number of halogens is 2. The Labute approximate surface area is 128 Å². The van der Waals surface area contributed by atoms with Gasteiger partial charge in [-0.1, -0.05) is 6.92 Å². The van der Waals surface area contributed by atoms with E-state index in [2.05, 4.69) is 10.6 Å². The molecule has 1 aromatic carbocycles. The Morgan fingerprint density at radius 2 is 1.55 bits per heavy atom. The Morgan fingerprint density at radius 3 is 2.05 bits per heavy atom. The van der Waals surface area contributed by atoms with Gasteiger partial charge in [-0.2, -0.15) is 0 Å². The highest BCUT2D eigenvalue weighted by Gasteiger charge is 2.12. The third kappa shape index (κ3) is 6.62. The zero-order valence-electron chi connectivity index (χ0n) is 12.8. The fourth-order valence-corrected chi connectivity index (χ4v) is 1.91. The average molecular weight is 313 g/mol. The Kier molecular flexibility index (Phi) is 7.45. The van der Waals surface area contributed by atoms with Gasteiger partial charge in [0.2, 0.25) is 11.8 Å². The van der Waals surface area contributed by atoms with Crippen molar-refractivity contribution < 1.29 is 18.4 Å². The summed E-state index contributed by atoms with van der Waals surface area (Å²) in [4.78, 5) is 25.0. The van der Waals surface area contributed by atoms with Gasteiger partial charge in [-0.05, 0) is 31.2 Å². The topological polar surface area (TPSA) is 61.4 Å². The maximum absolute atomic E-state index is 13.0. The molecule has 1 aromatic rings. The van der Waals surface area contributed by atoms with E-state index in [1.807, 2.05) is 13.8 Å². The fraction of sp³-hybridized carbons (Fsp3) is 0.467. The lowest BCUT2D eigenvalue weighted by Gasteiger charge is -2.19. The van der Waals surface area contributed by atoms with Crippen LogP contribution >= 0.6 is 0 Å². The molecule has 0 aromatic heterocycles. The van der Waals surface area contributed by atoms with Gasteiger partial charge in [0.15, 0.2) is 0 Å². The molecule has 2 N–H and O–H groups in total. The summed E-state index contributed by atoms with van der Waals surface area (Å²) in [7, 11) is 0. The summed E-state index contributed by atoms with van der Waals surface area (Å²) in [5.41, 5.74) is 0.345. The molecule has 0 aliphatic carbocycles. The first-order chi connectivity index (χ1) is 10.4. The molecule has 0 fully saturated rings. The van der Waals surface area contributed by atoms with E-state index in [0.717, 1.165) is 18.2 Å². The molecule has 0 bridgehead atoms. The number of hydrogen-bond donors (Lipinski definition) is 2. The lowest BCUT2D eigenvalue weighted by Crippen LogP contribution is -2.42. The van der Waals surface area contributed by atoms with Gasteiger partial charge in [-0.3, -0.25) is 14.5 Å². The van der Waals surface area contributed by atoms with Crippen molar-refractivity contribution >= 4 is 11.8 Å². The van der Waals surface area contributed by atoms with Crippen molar-refractivity contribution in [2.45, 2.75) is 20.4 Å². The average Bonchev–Trinajstić information content (AvgIpc) is 2.43. The first-order valence-electron chi connectivity index (χ1n) is 7.15. The van der Waals surface area contributed by atoms with Gasteiger partial charge in [0, 0.05) is 19.2 Å². The van der Waals surface area contributed by atoms with E-state index < -0.39 is 11.6 Å². The van der Waals surface area contributed by atoms with Crippen LogP contribution < -0.4 is 10.6 Å². The van der Waals surface area contributed by atoms with Gasteiger partial charge in [0.05, 0.1) is 13.1 Å². The Balaban J connectivity index is 2.45. The first kappa shape index (κ1) is 18.0. The number of amides is 2. The molecular formula is C15H21F2N3O2. The zero-order valence-corrected chi connectivity index (χ0v) is 12.8. The van der Waals surface area contributed by atoms with E-state index >= 15 is 0 Å². The second kappa shape index (κ2) is 9.09. The van der Waals surface area contributed by atoms with Crippen molar-refractivity contribution in [1.82, 2.24) is 15.5 Å². The molecule has 2 amide bonds. The van der Waals surface area contributed by atoms with Gasteiger partial charge < -0.3 is 10.6 Å². The number of nitrogens with zero attached hydrogens (tertiary/aromatic N) is 1. The monoisotopic (exact) mass is 313 g/mol. The summed E-state index contributed by atoms with van der Waals surface area (Å²) in [6, 6.07) is 3.10. The van der Waals surface area contributed by atoms with Crippen LogP contribution in [0.2, 0.25) is 0 Å². The third-order valence-electron chi connectivity index (χ3n) is 2.97. The Bertz CT molecular complexity index is 503. The predicted octanol–water partition coefficient (Wildman–Crippen LogP) is 1.04. The van der Waals surface area contributed by atoms with Crippen LogP contribution in [-0.2, 0) is 16.1 Å². The minimum atomic E-state index is -0.685. The molecule has 0 aliphatic heterocycles. The highest BCUT2D eigenvalue weighted by molar-refractivity contribution is 5.81. The van der Waals surface area contributed by atoms with E-state index in [0.29, 0.717) is 18.7 Å². The van der Waals surface area contributed by atoms with Crippen LogP contribution in [0.3, 0.4) is 0 Å². The molecule has 0 radical (unpaired) electrons. The van der Waals surface area contributed by atoms with Crippen molar-refractivity contribution in [2.24, 2.45) is 0 Å². The highest BCUT2D eigenvalue weighted by Crippen LogP contribution is 2.07. The molecule has 1 rings (SSSR count). The van der Waals surface area contributed by atoms with Crippen LogP contribution in [0.1, 0.15) is 19.4 Å². The molecule has 0 saturated heterocycles. The number of hydrogen-bond acceptors (Lipinski definition) is 3. The first-order valence-corrected chi connectivity index (χ1v) is 7.15. The molecule has 0 aliphatic rings. The Morgan fingerprint density at radius 1 is 1.00 bits per heavy atom. The van der Waals surface area contributed by atoms with Gasteiger partial charge in [0.25, 0.3) is 0 Å². The fourth-order valence-electron chi connectivity index (χ4n) is 1.91. The summed E-state index contributed by atoms with van der Waals surface area (Å²) in [6.45, 7) is 4.95. The molecule has 0 saturated carbocycles. The number of nitrogens with one attached hydrogen (secondary N) is 2. The molecular weight excluding hydrogens is 292 g/mol. The summed E-state index contributed by atoms with van der Waals surface area (Å²) >= 11 is 0. The number of benzene rings is 1. The normalized spacial score (nSPS) is 10.6. The van der Waals surface area contributed by atoms with Gasteiger partial charge in [-0.15, -0.1) is 0 Å². The molecule has 7 heteroatoms. The summed E-state index contributed by atoms with van der Waals surface area (Å²) in [5.74, 6) is -1.83. The van der Waals surface area contributed by atoms with Gasteiger partial charge in [-0.25, -0.2) is 8.78 Å². The van der Waals surface area contributed by atoms with Crippen molar-refractivity contribution in [1.29, 1.82) is 0 Å². The van der Waals surface area contributed by atoms with Crippen LogP contribution in [0.5, 0.6) is 0 Å². The number of rotatable bonds is 8. The van der Waals surface area contributed by atoms with Crippen molar-refractivity contribution in [2.75, 3.05) is 26.2 Å². The SMILES string of the molecule is CCNC(=O)CN(CC)CC(=O)NCc1cc(F)cc(F)c1. The van der Waals surface area contributed by atoms with Crippen molar-refractivity contribution in [3.63, 3.8) is 0 Å². The van der Waals surface area contributed by atoms with Gasteiger partial charge in [0.1, 0.15) is 11.6 Å². The zero-order chi connectivity index (χ0) is 16.5. The molecule has 22 heavy (non-hydrogen) atoms. The van der Waals surface area contributed by atoms with Gasteiger partial charge >= 0.3 is 0 Å². The molecule has 122 valence electrons. The molecule has 0 unspecified atom stereocenters. The van der Waals surface area contributed by atoms with E-state index in [1.165, 1.54) is 0 Å². The molecule has 5 nitrogen and oxygen atoms in total. The second-order valence-corrected chi connectivity index (χ2v) is 4.81. The number of likely N-dealkylation sites (N-methyl/N-ethyl adjacent to an activating group) is 2. The van der Waals surface area contributed by atoms with Crippen LogP contribution in [-0.4, -0.2) is 42.9 Å². The van der Waals surface area contributed by atoms with Crippen LogP contribution in [0.25, 0.3) is 0 Å². The van der Waals surface area contributed by atoms with E-state index in [4.69, 9.17) is 0 Å². The molecule has 0 atom stereocenters. The van der Waals surface area contributed by atoms with E-state index in [9.17, 15) is 18.4 Å². The lowest BCUT2D eigenvalue weighted by molar-refractivity contribution is -0.125. The number of carbonyl (C=O) groups excluding carboxylic acids is 2. The lowest BCUT2D eigenvalue weighted by atomic mass is 10.2.